The lowest BCUT2D eigenvalue weighted by atomic mass is 9.98. The van der Waals surface area contributed by atoms with Crippen molar-refractivity contribution in [2.24, 2.45) is 0 Å². The summed E-state index contributed by atoms with van der Waals surface area (Å²) in [4.78, 5) is 24.3. The number of nitrogens with one attached hydrogen (secondary N) is 1. The smallest absolute Gasteiger partial charge is 0.407 e. The van der Waals surface area contributed by atoms with Gasteiger partial charge in [-0.05, 0) is 60.7 Å². The van der Waals surface area contributed by atoms with Gasteiger partial charge in [0.25, 0.3) is 0 Å². The Morgan fingerprint density at radius 3 is 2.00 bits per heavy atom. The first-order valence-corrected chi connectivity index (χ1v) is 11.5. The van der Waals surface area contributed by atoms with Crippen molar-refractivity contribution in [1.29, 1.82) is 0 Å². The summed E-state index contributed by atoms with van der Waals surface area (Å²) in [6.45, 7) is 4.96. The molecule has 1 aliphatic rings. The Balaban J connectivity index is 1.43. The molecule has 2 N–H and O–H groups in total. The average Bonchev–Trinajstić information content (AvgIpc) is 3.13. The molecule has 36 heavy (non-hydrogen) atoms. The molecule has 0 saturated carbocycles. The van der Waals surface area contributed by atoms with E-state index in [2.05, 4.69) is 5.32 Å². The van der Waals surface area contributed by atoms with Crippen LogP contribution in [0.2, 0.25) is 0 Å². The van der Waals surface area contributed by atoms with Gasteiger partial charge in [0.15, 0.2) is 17.4 Å². The number of benzene rings is 3. The number of aliphatic carboxylic acids is 1. The van der Waals surface area contributed by atoms with Gasteiger partial charge in [-0.1, -0.05) is 48.5 Å². The second-order valence-corrected chi connectivity index (χ2v) is 9.67. The lowest BCUT2D eigenvalue weighted by Gasteiger charge is -2.22. The van der Waals surface area contributed by atoms with Crippen molar-refractivity contribution in [3.63, 3.8) is 0 Å². The topological polar surface area (TPSA) is 84.9 Å². The minimum absolute atomic E-state index is 0.00823. The highest BCUT2D eigenvalue weighted by molar-refractivity contribution is 5.81. The van der Waals surface area contributed by atoms with E-state index in [1.54, 1.807) is 20.8 Å². The molecule has 1 amide bonds. The molecule has 0 heterocycles. The van der Waals surface area contributed by atoms with Crippen LogP contribution in [0.3, 0.4) is 0 Å². The lowest BCUT2D eigenvalue weighted by molar-refractivity contribution is -0.139. The number of rotatable bonds is 7. The third-order valence-corrected chi connectivity index (χ3v) is 5.84. The summed E-state index contributed by atoms with van der Waals surface area (Å²) in [6.07, 6.45) is -1.28. The zero-order valence-electron chi connectivity index (χ0n) is 20.2. The summed E-state index contributed by atoms with van der Waals surface area (Å²) in [5.74, 6) is -4.00. The van der Waals surface area contributed by atoms with Crippen molar-refractivity contribution in [1.82, 2.24) is 5.32 Å². The first-order chi connectivity index (χ1) is 17.0. The predicted molar refractivity (Wildman–Crippen MR) is 130 cm³/mol. The number of hydrogen-bond donors (Lipinski definition) is 2. The molecule has 0 bridgehead atoms. The summed E-state index contributed by atoms with van der Waals surface area (Å²) in [6, 6.07) is 16.2. The molecule has 1 atom stereocenters. The molecule has 1 unspecified atom stereocenters. The molecule has 0 fully saturated rings. The first kappa shape index (κ1) is 25.2. The average molecular weight is 496 g/mol. The minimum atomic E-state index is -1.45. The van der Waals surface area contributed by atoms with Gasteiger partial charge in [0.05, 0.1) is 0 Å². The van der Waals surface area contributed by atoms with Gasteiger partial charge >= 0.3 is 12.1 Å². The molecule has 188 valence electrons. The Labute approximate surface area is 207 Å². The molecule has 1 aliphatic carbocycles. The molecule has 4 rings (SSSR count). The monoisotopic (exact) mass is 495 g/mol. The molecule has 6 nitrogen and oxygen atoms in total. The maximum Gasteiger partial charge on any atom is 0.407 e. The number of carbonyl (C=O) groups is 2. The van der Waals surface area contributed by atoms with Crippen molar-refractivity contribution in [2.75, 3.05) is 6.61 Å². The highest BCUT2D eigenvalue weighted by atomic mass is 19.1. The second-order valence-electron chi connectivity index (χ2n) is 9.67. The van der Waals surface area contributed by atoms with E-state index in [0.29, 0.717) is 0 Å². The van der Waals surface area contributed by atoms with Gasteiger partial charge in [-0.2, -0.15) is 0 Å². The van der Waals surface area contributed by atoms with Gasteiger partial charge in [-0.25, -0.2) is 18.4 Å². The Bertz CT molecular complexity index is 1230. The van der Waals surface area contributed by atoms with Crippen LogP contribution in [-0.4, -0.2) is 35.4 Å². The molecule has 0 saturated heterocycles. The van der Waals surface area contributed by atoms with E-state index in [0.717, 1.165) is 34.4 Å². The van der Waals surface area contributed by atoms with Gasteiger partial charge in [-0.15, -0.1) is 0 Å². The fourth-order valence-electron chi connectivity index (χ4n) is 4.35. The molecule has 0 aliphatic heterocycles. The van der Waals surface area contributed by atoms with Gasteiger partial charge in [0.1, 0.15) is 18.2 Å². The lowest BCUT2D eigenvalue weighted by Crippen LogP contribution is -2.43. The van der Waals surface area contributed by atoms with Gasteiger partial charge in [-0.3, -0.25) is 0 Å². The van der Waals surface area contributed by atoms with E-state index in [-0.39, 0.29) is 24.5 Å². The predicted octanol–water partition coefficient (Wildman–Crippen LogP) is 5.68. The van der Waals surface area contributed by atoms with Gasteiger partial charge in [0, 0.05) is 12.3 Å². The summed E-state index contributed by atoms with van der Waals surface area (Å²) in [5.41, 5.74) is 3.40. The van der Waals surface area contributed by atoms with E-state index < -0.39 is 41.1 Å². The van der Waals surface area contributed by atoms with Crippen LogP contribution in [0.1, 0.15) is 43.4 Å². The normalized spacial score (nSPS) is 13.5. The number of carboxylic acids is 1. The second kappa shape index (κ2) is 9.97. The van der Waals surface area contributed by atoms with Crippen molar-refractivity contribution in [3.8, 4) is 16.9 Å². The third kappa shape index (κ3) is 5.48. The maximum absolute atomic E-state index is 14.5. The first-order valence-electron chi connectivity index (χ1n) is 11.5. The van der Waals surface area contributed by atoms with Crippen LogP contribution in [0.25, 0.3) is 11.1 Å². The SMILES string of the molecule is CC(C)(C)Oc1c(F)cc(CC(NC(=O)OCC2c3ccccc3-c3ccccc32)C(=O)O)cc1F. The Morgan fingerprint density at radius 1 is 0.972 bits per heavy atom. The number of halogens is 2. The molecule has 0 aromatic heterocycles. The van der Waals surface area contributed by atoms with Crippen molar-refractivity contribution >= 4 is 12.1 Å². The van der Waals surface area contributed by atoms with Crippen LogP contribution in [0.4, 0.5) is 13.6 Å². The maximum atomic E-state index is 14.5. The fraction of sp³-hybridized carbons (Fsp3) is 0.286. The van der Waals surface area contributed by atoms with Crippen LogP contribution >= 0.6 is 0 Å². The van der Waals surface area contributed by atoms with Crippen LogP contribution in [0.15, 0.2) is 60.7 Å². The molecule has 0 radical (unpaired) electrons. The van der Waals surface area contributed by atoms with Crippen LogP contribution in [0, 0.1) is 11.6 Å². The number of ether oxygens (including phenoxy) is 2. The van der Waals surface area contributed by atoms with Gasteiger partial charge in [0.2, 0.25) is 0 Å². The fourth-order valence-corrected chi connectivity index (χ4v) is 4.35. The molecule has 8 heteroatoms. The molecule has 3 aromatic carbocycles. The Hall–Kier alpha value is -3.94. The van der Waals surface area contributed by atoms with Gasteiger partial charge < -0.3 is 19.9 Å². The third-order valence-electron chi connectivity index (χ3n) is 5.84. The molecule has 0 spiro atoms. The standard InChI is InChI=1S/C28H27F2NO5/c1-28(2,3)36-25-22(29)12-16(13-23(25)30)14-24(26(32)33)31-27(34)35-15-21-19-10-6-4-8-17(19)18-9-5-7-11-20(18)21/h4-13,21,24H,14-15H2,1-3H3,(H,31,34)(H,32,33). The molecular weight excluding hydrogens is 468 g/mol. The highest BCUT2D eigenvalue weighted by Crippen LogP contribution is 2.44. The van der Waals surface area contributed by atoms with Crippen LogP contribution in [-0.2, 0) is 16.0 Å². The number of amides is 1. The van der Waals surface area contributed by atoms with Crippen LogP contribution in [0.5, 0.6) is 5.75 Å². The zero-order chi connectivity index (χ0) is 26.0. The van der Waals surface area contributed by atoms with E-state index >= 15 is 0 Å². The van der Waals surface area contributed by atoms with E-state index in [1.165, 1.54) is 0 Å². The number of carboxylic acid groups (broad SMARTS) is 1. The summed E-state index contributed by atoms with van der Waals surface area (Å²) in [5, 5.41) is 11.9. The quantitative estimate of drug-likeness (QED) is 0.441. The van der Waals surface area contributed by atoms with E-state index in [1.807, 2.05) is 48.5 Å². The summed E-state index contributed by atoms with van der Waals surface area (Å²) in [7, 11) is 0. The summed E-state index contributed by atoms with van der Waals surface area (Å²) < 4.78 is 39.6. The van der Waals surface area contributed by atoms with Crippen LogP contribution < -0.4 is 10.1 Å². The number of hydrogen-bond acceptors (Lipinski definition) is 4. The van der Waals surface area contributed by atoms with E-state index in [9.17, 15) is 23.5 Å². The van der Waals surface area contributed by atoms with Crippen molar-refractivity contribution in [3.05, 3.63) is 89.0 Å². The Morgan fingerprint density at radius 2 is 1.50 bits per heavy atom. The number of alkyl carbamates (subject to hydrolysis) is 1. The number of fused-ring (bicyclic) bond motifs is 3. The molecular formula is C28H27F2NO5. The zero-order valence-corrected chi connectivity index (χ0v) is 20.2. The van der Waals surface area contributed by atoms with Crippen molar-refractivity contribution in [2.45, 2.75) is 44.8 Å². The van der Waals surface area contributed by atoms with Crippen molar-refractivity contribution < 1.29 is 33.0 Å². The van der Waals surface area contributed by atoms with E-state index in [4.69, 9.17) is 9.47 Å². The minimum Gasteiger partial charge on any atom is -0.482 e. The summed E-state index contributed by atoms with van der Waals surface area (Å²) >= 11 is 0. The molecule has 3 aromatic rings. The number of carbonyl (C=O) groups excluding carboxylic acids is 1. The largest absolute Gasteiger partial charge is 0.482 e. The Kier molecular flexibility index (Phi) is 6.97. The highest BCUT2D eigenvalue weighted by Gasteiger charge is 2.30.